The zero-order valence-corrected chi connectivity index (χ0v) is 18.7. The van der Waals surface area contributed by atoms with Gasteiger partial charge in [0.2, 0.25) is 5.91 Å². The molecule has 0 radical (unpaired) electrons. The predicted octanol–water partition coefficient (Wildman–Crippen LogP) is 4.87. The van der Waals surface area contributed by atoms with Gasteiger partial charge in [-0.1, -0.05) is 60.1 Å². The Kier molecular flexibility index (Phi) is 7.05. The number of aliphatic carboxylic acids is 1. The summed E-state index contributed by atoms with van der Waals surface area (Å²) in [5.74, 6) is -1.16. The molecule has 33 heavy (non-hydrogen) atoms. The Morgan fingerprint density at radius 3 is 2.42 bits per heavy atom. The van der Waals surface area contributed by atoms with Gasteiger partial charge in [-0.05, 0) is 43.2 Å². The standard InChI is InChI=1S/C26H24ClN3O3/c27-19-13-14-22(21(16-19)25(28-17-24(31)32)18-8-3-1-4-9-18)29-26(33)23-12-7-15-30(23)20-10-5-2-6-11-20/h1-6,8-11,13-14,16,23H,7,12,15,17H2,(H,29,33)(H,31,32). The number of rotatable bonds is 7. The SMILES string of the molecule is O=C(O)CN=C(c1ccccc1)c1cc(Cl)ccc1NC(=O)C1CCCN1c1ccccc1. The van der Waals surface area contributed by atoms with Crippen LogP contribution in [-0.4, -0.2) is 41.8 Å². The Hall–Kier alpha value is -3.64. The van der Waals surface area contributed by atoms with Crippen LogP contribution in [0.5, 0.6) is 0 Å². The molecule has 0 aliphatic carbocycles. The molecule has 1 aliphatic heterocycles. The maximum Gasteiger partial charge on any atom is 0.325 e. The number of nitrogens with one attached hydrogen (secondary N) is 1. The second-order valence-corrected chi connectivity index (χ2v) is 8.23. The van der Waals surface area contributed by atoms with Crippen LogP contribution < -0.4 is 10.2 Å². The van der Waals surface area contributed by atoms with Crippen LogP contribution in [0.15, 0.2) is 83.9 Å². The van der Waals surface area contributed by atoms with Crippen molar-refractivity contribution in [2.24, 2.45) is 4.99 Å². The van der Waals surface area contributed by atoms with E-state index in [1.54, 1.807) is 18.2 Å². The number of carboxylic acid groups (broad SMARTS) is 1. The molecule has 2 N–H and O–H groups in total. The molecular formula is C26H24ClN3O3. The number of carbonyl (C=O) groups is 2. The molecule has 0 bridgehead atoms. The first-order valence-electron chi connectivity index (χ1n) is 10.8. The molecule has 1 unspecified atom stereocenters. The van der Waals surface area contributed by atoms with E-state index in [4.69, 9.17) is 11.6 Å². The van der Waals surface area contributed by atoms with Gasteiger partial charge in [-0.25, -0.2) is 0 Å². The Balaban J connectivity index is 1.67. The average molecular weight is 462 g/mol. The number of nitrogens with zero attached hydrogens (tertiary/aromatic N) is 2. The number of aliphatic imine (C=N–C) groups is 1. The molecule has 1 fully saturated rings. The first-order chi connectivity index (χ1) is 16.0. The van der Waals surface area contributed by atoms with Gasteiger partial charge in [-0.15, -0.1) is 0 Å². The topological polar surface area (TPSA) is 82.0 Å². The molecule has 1 aliphatic rings. The highest BCUT2D eigenvalue weighted by Crippen LogP contribution is 2.28. The molecule has 0 spiro atoms. The molecular weight excluding hydrogens is 438 g/mol. The van der Waals surface area contributed by atoms with Gasteiger partial charge < -0.3 is 15.3 Å². The maximum absolute atomic E-state index is 13.3. The van der Waals surface area contributed by atoms with Crippen LogP contribution in [0.1, 0.15) is 24.0 Å². The molecule has 0 saturated carbocycles. The molecule has 3 aromatic rings. The van der Waals surface area contributed by atoms with Crippen LogP contribution in [0.2, 0.25) is 5.02 Å². The highest BCUT2D eigenvalue weighted by Gasteiger charge is 2.31. The fourth-order valence-corrected chi connectivity index (χ4v) is 4.25. The third kappa shape index (κ3) is 5.41. The van der Waals surface area contributed by atoms with E-state index >= 15 is 0 Å². The summed E-state index contributed by atoms with van der Waals surface area (Å²) in [6.45, 7) is 0.416. The summed E-state index contributed by atoms with van der Waals surface area (Å²) in [5, 5.41) is 12.7. The summed E-state index contributed by atoms with van der Waals surface area (Å²) in [6, 6.07) is 24.0. The number of carboxylic acids is 1. The fraction of sp³-hybridized carbons (Fsp3) is 0.192. The Labute approximate surface area is 197 Å². The van der Waals surface area contributed by atoms with Gasteiger partial charge in [0.1, 0.15) is 12.6 Å². The lowest BCUT2D eigenvalue weighted by molar-refractivity contribution is -0.135. The first-order valence-corrected chi connectivity index (χ1v) is 11.1. The second kappa shape index (κ2) is 10.3. The Bertz CT molecular complexity index is 1170. The van der Waals surface area contributed by atoms with Crippen molar-refractivity contribution in [3.63, 3.8) is 0 Å². The molecule has 1 heterocycles. The van der Waals surface area contributed by atoms with E-state index in [1.165, 1.54) is 0 Å². The van der Waals surface area contributed by atoms with Crippen molar-refractivity contribution in [1.29, 1.82) is 0 Å². The van der Waals surface area contributed by atoms with E-state index < -0.39 is 12.5 Å². The van der Waals surface area contributed by atoms with Crippen LogP contribution in [0.4, 0.5) is 11.4 Å². The molecule has 4 rings (SSSR count). The van der Waals surface area contributed by atoms with E-state index in [0.29, 0.717) is 22.0 Å². The molecule has 168 valence electrons. The van der Waals surface area contributed by atoms with E-state index in [-0.39, 0.29) is 11.9 Å². The number of carbonyl (C=O) groups excluding carboxylic acids is 1. The van der Waals surface area contributed by atoms with Crippen LogP contribution in [0.25, 0.3) is 0 Å². The third-order valence-corrected chi connectivity index (χ3v) is 5.79. The summed E-state index contributed by atoms with van der Waals surface area (Å²) >= 11 is 6.29. The van der Waals surface area contributed by atoms with Gasteiger partial charge in [-0.2, -0.15) is 0 Å². The van der Waals surface area contributed by atoms with Crippen molar-refractivity contribution < 1.29 is 14.7 Å². The van der Waals surface area contributed by atoms with E-state index in [0.717, 1.165) is 30.6 Å². The maximum atomic E-state index is 13.3. The first kappa shape index (κ1) is 22.6. The van der Waals surface area contributed by atoms with E-state index in [1.807, 2.05) is 60.7 Å². The molecule has 0 aromatic heterocycles. The van der Waals surface area contributed by atoms with Gasteiger partial charge in [0.05, 0.1) is 11.4 Å². The van der Waals surface area contributed by atoms with E-state index in [2.05, 4.69) is 15.2 Å². The third-order valence-electron chi connectivity index (χ3n) is 5.56. The minimum atomic E-state index is -1.04. The zero-order chi connectivity index (χ0) is 23.2. The van der Waals surface area contributed by atoms with Crippen molar-refractivity contribution in [1.82, 2.24) is 0 Å². The van der Waals surface area contributed by atoms with Crippen molar-refractivity contribution in [3.05, 3.63) is 95.0 Å². The monoisotopic (exact) mass is 461 g/mol. The highest BCUT2D eigenvalue weighted by molar-refractivity contribution is 6.31. The second-order valence-electron chi connectivity index (χ2n) is 7.79. The zero-order valence-electron chi connectivity index (χ0n) is 17.9. The van der Waals surface area contributed by atoms with Crippen molar-refractivity contribution in [2.75, 3.05) is 23.3 Å². The number of benzene rings is 3. The van der Waals surface area contributed by atoms with Crippen molar-refractivity contribution in [2.45, 2.75) is 18.9 Å². The molecule has 1 atom stereocenters. The lowest BCUT2D eigenvalue weighted by atomic mass is 10.00. The summed E-state index contributed by atoms with van der Waals surface area (Å²) < 4.78 is 0. The summed E-state index contributed by atoms with van der Waals surface area (Å²) in [5.41, 5.74) is 3.33. The van der Waals surface area contributed by atoms with Crippen LogP contribution in [-0.2, 0) is 9.59 Å². The molecule has 7 heteroatoms. The Morgan fingerprint density at radius 1 is 1.03 bits per heavy atom. The molecule has 3 aromatic carbocycles. The predicted molar refractivity (Wildman–Crippen MR) is 131 cm³/mol. The number of halogens is 1. The minimum absolute atomic E-state index is 0.120. The molecule has 1 amide bonds. The molecule has 6 nitrogen and oxygen atoms in total. The van der Waals surface area contributed by atoms with Crippen LogP contribution in [0, 0.1) is 0 Å². The largest absolute Gasteiger partial charge is 0.480 e. The number of hydrogen-bond acceptors (Lipinski definition) is 4. The number of amides is 1. The van der Waals surface area contributed by atoms with Gasteiger partial charge in [-0.3, -0.25) is 14.6 Å². The van der Waals surface area contributed by atoms with Crippen LogP contribution in [0.3, 0.4) is 0 Å². The lowest BCUT2D eigenvalue weighted by Gasteiger charge is -2.26. The smallest absolute Gasteiger partial charge is 0.325 e. The summed E-state index contributed by atoms with van der Waals surface area (Å²) in [6.07, 6.45) is 1.68. The van der Waals surface area contributed by atoms with Gasteiger partial charge in [0.25, 0.3) is 0 Å². The van der Waals surface area contributed by atoms with Crippen molar-refractivity contribution in [3.8, 4) is 0 Å². The highest BCUT2D eigenvalue weighted by atomic mass is 35.5. The van der Waals surface area contributed by atoms with E-state index in [9.17, 15) is 14.7 Å². The van der Waals surface area contributed by atoms with Crippen LogP contribution >= 0.6 is 11.6 Å². The summed E-state index contributed by atoms with van der Waals surface area (Å²) in [4.78, 5) is 31.0. The Morgan fingerprint density at radius 2 is 1.73 bits per heavy atom. The average Bonchev–Trinajstić information content (AvgIpc) is 3.32. The fourth-order valence-electron chi connectivity index (χ4n) is 4.08. The lowest BCUT2D eigenvalue weighted by Crippen LogP contribution is -2.40. The van der Waals surface area contributed by atoms with Gasteiger partial charge >= 0.3 is 5.97 Å². The minimum Gasteiger partial charge on any atom is -0.480 e. The van der Waals surface area contributed by atoms with Crippen molar-refractivity contribution >= 4 is 40.6 Å². The number of anilines is 2. The molecule has 1 saturated heterocycles. The number of para-hydroxylation sites is 1. The van der Waals surface area contributed by atoms with Gasteiger partial charge in [0, 0.05) is 28.4 Å². The van der Waals surface area contributed by atoms with Gasteiger partial charge in [0.15, 0.2) is 0 Å². The normalized spacial score (nSPS) is 16.0. The number of hydrogen-bond donors (Lipinski definition) is 2. The summed E-state index contributed by atoms with van der Waals surface area (Å²) in [7, 11) is 0. The quantitative estimate of drug-likeness (QED) is 0.492.